The lowest BCUT2D eigenvalue weighted by molar-refractivity contribution is -0.139. The van der Waals surface area contributed by atoms with E-state index in [4.69, 9.17) is 9.47 Å². The van der Waals surface area contributed by atoms with Crippen molar-refractivity contribution in [3.63, 3.8) is 0 Å². The van der Waals surface area contributed by atoms with Crippen molar-refractivity contribution in [2.24, 2.45) is 5.92 Å². The van der Waals surface area contributed by atoms with E-state index in [1.165, 1.54) is 0 Å². The highest BCUT2D eigenvalue weighted by molar-refractivity contribution is 5.80. The number of hydrogen-bond acceptors (Lipinski definition) is 3. The molecular weight excluding hydrogens is 254 g/mol. The molecule has 0 saturated carbocycles. The largest absolute Gasteiger partial charge is 0.492 e. The van der Waals surface area contributed by atoms with Crippen molar-refractivity contribution in [3.8, 4) is 5.75 Å². The summed E-state index contributed by atoms with van der Waals surface area (Å²) in [6.07, 6.45) is 2.97. The van der Waals surface area contributed by atoms with Crippen molar-refractivity contribution in [1.82, 2.24) is 4.90 Å². The highest BCUT2D eigenvalue weighted by Crippen LogP contribution is 2.28. The molecule has 0 bridgehead atoms. The summed E-state index contributed by atoms with van der Waals surface area (Å²) < 4.78 is 11.1. The van der Waals surface area contributed by atoms with Crippen LogP contribution >= 0.6 is 0 Å². The third-order valence-electron chi connectivity index (χ3n) is 4.32. The maximum atomic E-state index is 12.6. The van der Waals surface area contributed by atoms with Gasteiger partial charge in [-0.1, -0.05) is 18.2 Å². The second-order valence-corrected chi connectivity index (χ2v) is 5.58. The van der Waals surface area contributed by atoms with Gasteiger partial charge in [0.15, 0.2) is 0 Å². The Balaban J connectivity index is 1.62. The predicted octanol–water partition coefficient (Wildman–Crippen LogP) is 1.88. The molecule has 0 aliphatic carbocycles. The molecule has 108 valence electrons. The molecule has 1 aromatic carbocycles. The van der Waals surface area contributed by atoms with E-state index in [1.54, 1.807) is 7.11 Å². The van der Waals surface area contributed by atoms with E-state index in [2.05, 4.69) is 0 Å². The Kier molecular flexibility index (Phi) is 3.92. The van der Waals surface area contributed by atoms with Gasteiger partial charge in [-0.25, -0.2) is 0 Å². The van der Waals surface area contributed by atoms with Gasteiger partial charge in [-0.05, 0) is 30.9 Å². The third-order valence-corrected chi connectivity index (χ3v) is 4.32. The van der Waals surface area contributed by atoms with Crippen molar-refractivity contribution in [1.29, 1.82) is 0 Å². The van der Waals surface area contributed by atoms with E-state index in [9.17, 15) is 4.79 Å². The van der Waals surface area contributed by atoms with Crippen LogP contribution < -0.4 is 4.74 Å². The number of amides is 1. The molecule has 1 fully saturated rings. The zero-order valence-corrected chi connectivity index (χ0v) is 11.9. The number of nitrogens with zero attached hydrogens (tertiary/aromatic N) is 1. The number of ether oxygens (including phenoxy) is 2. The van der Waals surface area contributed by atoms with Crippen LogP contribution in [0.3, 0.4) is 0 Å². The first kappa shape index (κ1) is 13.4. The van der Waals surface area contributed by atoms with Gasteiger partial charge in [0.05, 0.1) is 12.0 Å². The van der Waals surface area contributed by atoms with Gasteiger partial charge in [-0.15, -0.1) is 0 Å². The Hall–Kier alpha value is -1.55. The van der Waals surface area contributed by atoms with Gasteiger partial charge in [0, 0.05) is 20.2 Å². The molecule has 4 nitrogen and oxygen atoms in total. The van der Waals surface area contributed by atoms with E-state index in [0.717, 1.165) is 43.7 Å². The van der Waals surface area contributed by atoms with Crippen molar-refractivity contribution in [3.05, 3.63) is 29.8 Å². The molecule has 2 aliphatic heterocycles. The number of rotatable bonds is 2. The Labute approximate surface area is 119 Å². The molecular formula is C16H21NO3. The minimum atomic E-state index is -0.0380. The Morgan fingerprint density at radius 1 is 1.30 bits per heavy atom. The monoisotopic (exact) mass is 275 g/mol. The van der Waals surface area contributed by atoms with Gasteiger partial charge >= 0.3 is 0 Å². The summed E-state index contributed by atoms with van der Waals surface area (Å²) in [5, 5.41) is 0. The Morgan fingerprint density at radius 2 is 2.05 bits per heavy atom. The second-order valence-electron chi connectivity index (χ2n) is 5.58. The molecule has 1 unspecified atom stereocenters. The van der Waals surface area contributed by atoms with Crippen molar-refractivity contribution in [2.45, 2.75) is 25.4 Å². The summed E-state index contributed by atoms with van der Waals surface area (Å²) in [6.45, 7) is 2.10. The van der Waals surface area contributed by atoms with E-state index in [1.807, 2.05) is 29.2 Å². The minimum Gasteiger partial charge on any atom is -0.492 e. The second kappa shape index (κ2) is 5.83. The maximum absolute atomic E-state index is 12.6. The van der Waals surface area contributed by atoms with Crippen LogP contribution in [-0.4, -0.2) is 43.7 Å². The number of carbonyl (C=O) groups excluding carboxylic acids is 1. The number of benzene rings is 1. The van der Waals surface area contributed by atoms with Gasteiger partial charge in [-0.2, -0.15) is 0 Å². The first-order valence-corrected chi connectivity index (χ1v) is 7.30. The third kappa shape index (κ3) is 2.66. The van der Waals surface area contributed by atoms with E-state index < -0.39 is 0 Å². The molecule has 4 heteroatoms. The van der Waals surface area contributed by atoms with Crippen LogP contribution in [0.5, 0.6) is 5.75 Å². The normalized spacial score (nSPS) is 23.1. The van der Waals surface area contributed by atoms with Gasteiger partial charge in [0.1, 0.15) is 12.4 Å². The number of fused-ring (bicyclic) bond motifs is 1. The molecule has 1 atom stereocenters. The molecule has 0 aromatic heterocycles. The van der Waals surface area contributed by atoms with Crippen LogP contribution in [0.2, 0.25) is 0 Å². The Bertz CT molecular complexity index is 480. The molecule has 2 aliphatic rings. The van der Waals surface area contributed by atoms with Crippen LogP contribution in [0.15, 0.2) is 24.3 Å². The fraction of sp³-hybridized carbons (Fsp3) is 0.562. The smallest absolute Gasteiger partial charge is 0.229 e. The molecule has 20 heavy (non-hydrogen) atoms. The summed E-state index contributed by atoms with van der Waals surface area (Å²) in [6, 6.07) is 7.99. The first-order chi connectivity index (χ1) is 9.78. The molecule has 0 spiro atoms. The number of para-hydroxylation sites is 1. The topological polar surface area (TPSA) is 38.8 Å². The van der Waals surface area contributed by atoms with Crippen LogP contribution in [0, 0.1) is 5.92 Å². The van der Waals surface area contributed by atoms with Gasteiger partial charge in [-0.3, -0.25) is 4.79 Å². The summed E-state index contributed by atoms with van der Waals surface area (Å²) in [4.78, 5) is 14.5. The molecule has 1 saturated heterocycles. The van der Waals surface area contributed by atoms with Gasteiger partial charge < -0.3 is 14.4 Å². The first-order valence-electron chi connectivity index (χ1n) is 7.30. The number of methoxy groups -OCH3 is 1. The predicted molar refractivity (Wildman–Crippen MR) is 75.7 cm³/mol. The van der Waals surface area contributed by atoms with Crippen molar-refractivity contribution >= 4 is 5.91 Å². The van der Waals surface area contributed by atoms with Crippen LogP contribution in [0.4, 0.5) is 0 Å². The maximum Gasteiger partial charge on any atom is 0.229 e. The molecule has 1 aromatic rings. The van der Waals surface area contributed by atoms with Crippen molar-refractivity contribution in [2.75, 3.05) is 26.8 Å². The standard InChI is InChI=1S/C16H21NO3/c1-19-14-6-8-17(9-7-14)16(18)13-10-12-4-2-3-5-15(12)20-11-13/h2-5,13-14H,6-11H2,1H3. The average Bonchev–Trinajstić information content (AvgIpc) is 2.54. The Morgan fingerprint density at radius 3 is 2.80 bits per heavy atom. The molecule has 3 rings (SSSR count). The quantitative estimate of drug-likeness (QED) is 0.827. The van der Waals surface area contributed by atoms with Crippen LogP contribution in [0.25, 0.3) is 0 Å². The SMILES string of the molecule is COC1CCN(C(=O)C2COc3ccccc3C2)CC1. The lowest BCUT2D eigenvalue weighted by Gasteiger charge is -2.35. The minimum absolute atomic E-state index is 0.0380. The van der Waals surface area contributed by atoms with E-state index >= 15 is 0 Å². The summed E-state index contributed by atoms with van der Waals surface area (Å²) >= 11 is 0. The molecule has 0 N–H and O–H groups in total. The summed E-state index contributed by atoms with van der Waals surface area (Å²) in [5.41, 5.74) is 1.14. The highest BCUT2D eigenvalue weighted by atomic mass is 16.5. The van der Waals surface area contributed by atoms with Gasteiger partial charge in [0.2, 0.25) is 5.91 Å². The highest BCUT2D eigenvalue weighted by Gasteiger charge is 2.31. The molecule has 0 radical (unpaired) electrons. The lowest BCUT2D eigenvalue weighted by Crippen LogP contribution is -2.45. The average molecular weight is 275 g/mol. The van der Waals surface area contributed by atoms with E-state index in [0.29, 0.717) is 12.7 Å². The number of piperidine rings is 1. The van der Waals surface area contributed by atoms with E-state index in [-0.39, 0.29) is 11.8 Å². The number of carbonyl (C=O) groups is 1. The molecule has 1 amide bonds. The fourth-order valence-corrected chi connectivity index (χ4v) is 3.06. The summed E-state index contributed by atoms with van der Waals surface area (Å²) in [5.74, 6) is 1.12. The zero-order chi connectivity index (χ0) is 13.9. The number of hydrogen-bond donors (Lipinski definition) is 0. The van der Waals surface area contributed by atoms with Crippen LogP contribution in [0.1, 0.15) is 18.4 Å². The lowest BCUT2D eigenvalue weighted by atomic mass is 9.94. The van der Waals surface area contributed by atoms with Crippen LogP contribution in [-0.2, 0) is 16.0 Å². The zero-order valence-electron chi connectivity index (χ0n) is 11.9. The van der Waals surface area contributed by atoms with Crippen molar-refractivity contribution < 1.29 is 14.3 Å². The van der Waals surface area contributed by atoms with Gasteiger partial charge in [0.25, 0.3) is 0 Å². The summed E-state index contributed by atoms with van der Waals surface area (Å²) in [7, 11) is 1.74. The number of likely N-dealkylation sites (tertiary alicyclic amines) is 1. The molecule has 2 heterocycles. The fourth-order valence-electron chi connectivity index (χ4n) is 3.06.